The van der Waals surface area contributed by atoms with Gasteiger partial charge in [-0.2, -0.15) is 0 Å². The summed E-state index contributed by atoms with van der Waals surface area (Å²) >= 11 is 0. The number of benzene rings is 2. The molecule has 1 saturated carbocycles. The second-order valence-electron chi connectivity index (χ2n) is 9.23. The van der Waals surface area contributed by atoms with Crippen LogP contribution in [-0.4, -0.2) is 37.5 Å². The van der Waals surface area contributed by atoms with Crippen molar-refractivity contribution in [3.05, 3.63) is 76.1 Å². The number of carbonyl (C=O) groups excluding carboxylic acids is 2. The maximum Gasteiger partial charge on any atom is 0.328 e. The van der Waals surface area contributed by atoms with E-state index in [0.717, 1.165) is 48.6 Å². The van der Waals surface area contributed by atoms with E-state index in [-0.39, 0.29) is 28.6 Å². The monoisotopic (exact) mass is 524 g/mol. The van der Waals surface area contributed by atoms with Crippen LogP contribution in [0.1, 0.15) is 54.9 Å². The lowest BCUT2D eigenvalue weighted by molar-refractivity contribution is 0.0952. The molecular formula is C27H32N4O5S. The number of nitrogens with zero attached hydrogens (tertiary/aromatic N) is 1. The van der Waals surface area contributed by atoms with Crippen molar-refractivity contribution in [3.63, 3.8) is 0 Å². The zero-order valence-corrected chi connectivity index (χ0v) is 21.6. The Balaban J connectivity index is 1.33. The van der Waals surface area contributed by atoms with Crippen LogP contribution < -0.4 is 20.9 Å². The molecule has 10 heteroatoms. The Kier molecular flexibility index (Phi) is 8.27. The Morgan fingerprint density at radius 1 is 1.00 bits per heavy atom. The van der Waals surface area contributed by atoms with Gasteiger partial charge in [0.2, 0.25) is 0 Å². The van der Waals surface area contributed by atoms with Gasteiger partial charge in [-0.25, -0.2) is 17.9 Å². The molecule has 0 saturated heterocycles. The summed E-state index contributed by atoms with van der Waals surface area (Å²) in [6, 6.07) is 14.5. The van der Waals surface area contributed by atoms with Gasteiger partial charge in [-0.3, -0.25) is 9.59 Å². The minimum atomic E-state index is -4.00. The van der Waals surface area contributed by atoms with Gasteiger partial charge in [0.15, 0.2) is 0 Å². The predicted octanol–water partition coefficient (Wildman–Crippen LogP) is 3.31. The number of nitrogens with one attached hydrogen (secondary N) is 3. The van der Waals surface area contributed by atoms with Crippen LogP contribution in [0.25, 0.3) is 10.9 Å². The molecule has 1 aliphatic rings. The fraction of sp³-hybridized carbons (Fsp3) is 0.370. The lowest BCUT2D eigenvalue weighted by atomic mass is 9.96. The molecule has 1 fully saturated rings. The number of carbonyl (C=O) groups is 2. The fourth-order valence-corrected chi connectivity index (χ4v) is 5.61. The van der Waals surface area contributed by atoms with E-state index < -0.39 is 22.0 Å². The molecule has 0 radical (unpaired) electrons. The van der Waals surface area contributed by atoms with E-state index in [1.807, 2.05) is 31.2 Å². The second-order valence-corrected chi connectivity index (χ2v) is 10.9. The van der Waals surface area contributed by atoms with Crippen molar-refractivity contribution < 1.29 is 18.0 Å². The van der Waals surface area contributed by atoms with E-state index >= 15 is 0 Å². The molecule has 1 heterocycles. The van der Waals surface area contributed by atoms with Crippen LogP contribution in [0.3, 0.4) is 0 Å². The molecule has 196 valence electrons. The highest BCUT2D eigenvalue weighted by Crippen LogP contribution is 2.18. The highest BCUT2D eigenvalue weighted by molar-refractivity contribution is 7.90. The SMILES string of the molecule is CCn1c(=O)c(C(=O)NCCc2ccc(S(=O)(=O)NC(=O)NC3CCCCC3)cc2)cc2ccccc21. The molecule has 3 N–H and O–H groups in total. The Bertz CT molecular complexity index is 1440. The Labute approximate surface area is 216 Å². The third-order valence-electron chi connectivity index (χ3n) is 6.66. The molecule has 4 rings (SSSR count). The normalized spacial score (nSPS) is 14.3. The van der Waals surface area contributed by atoms with Gasteiger partial charge in [-0.05, 0) is 61.4 Å². The third kappa shape index (κ3) is 6.37. The summed E-state index contributed by atoms with van der Waals surface area (Å²) in [5.74, 6) is -0.453. The van der Waals surface area contributed by atoms with Crippen molar-refractivity contribution in [2.45, 2.75) is 62.9 Å². The first kappa shape index (κ1) is 26.4. The van der Waals surface area contributed by atoms with Gasteiger partial charge in [0.1, 0.15) is 5.56 Å². The Morgan fingerprint density at radius 2 is 1.70 bits per heavy atom. The number of sulfonamides is 1. The van der Waals surface area contributed by atoms with Gasteiger partial charge in [0, 0.05) is 19.1 Å². The van der Waals surface area contributed by atoms with Crippen molar-refractivity contribution in [1.82, 2.24) is 19.9 Å². The first-order valence-corrected chi connectivity index (χ1v) is 14.1. The highest BCUT2D eigenvalue weighted by Gasteiger charge is 2.21. The number of aromatic nitrogens is 1. The smallest absolute Gasteiger partial charge is 0.328 e. The van der Waals surface area contributed by atoms with Crippen LogP contribution in [-0.2, 0) is 23.0 Å². The zero-order chi connectivity index (χ0) is 26.4. The molecule has 37 heavy (non-hydrogen) atoms. The first-order chi connectivity index (χ1) is 17.8. The molecule has 1 aromatic heterocycles. The largest absolute Gasteiger partial charge is 0.352 e. The summed E-state index contributed by atoms with van der Waals surface area (Å²) in [7, 11) is -4.00. The fourth-order valence-electron chi connectivity index (χ4n) is 4.70. The Hall–Kier alpha value is -3.66. The summed E-state index contributed by atoms with van der Waals surface area (Å²) < 4.78 is 28.8. The highest BCUT2D eigenvalue weighted by atomic mass is 32.2. The molecule has 3 amide bonds. The molecule has 0 atom stereocenters. The number of hydrogen-bond donors (Lipinski definition) is 3. The van der Waals surface area contributed by atoms with Crippen molar-refractivity contribution in [3.8, 4) is 0 Å². The molecule has 0 spiro atoms. The van der Waals surface area contributed by atoms with Crippen molar-refractivity contribution in [2.24, 2.45) is 0 Å². The lowest BCUT2D eigenvalue weighted by Gasteiger charge is -2.22. The molecular weight excluding hydrogens is 492 g/mol. The van der Waals surface area contributed by atoms with E-state index in [4.69, 9.17) is 0 Å². The number of rotatable bonds is 8. The molecule has 3 aromatic rings. The quantitative estimate of drug-likeness (QED) is 0.417. The van der Waals surface area contributed by atoms with Crippen LogP contribution in [0.2, 0.25) is 0 Å². The van der Waals surface area contributed by atoms with Gasteiger partial charge in [-0.1, -0.05) is 49.6 Å². The maximum atomic E-state index is 12.8. The summed E-state index contributed by atoms with van der Waals surface area (Å²) in [6.07, 6.45) is 5.34. The van der Waals surface area contributed by atoms with Crippen LogP contribution in [0.15, 0.2) is 64.3 Å². The van der Waals surface area contributed by atoms with Gasteiger partial charge in [0.25, 0.3) is 21.5 Å². The van der Waals surface area contributed by atoms with Crippen LogP contribution in [0.4, 0.5) is 4.79 Å². The first-order valence-electron chi connectivity index (χ1n) is 12.6. The number of hydrogen-bond acceptors (Lipinski definition) is 5. The third-order valence-corrected chi connectivity index (χ3v) is 8.01. The Morgan fingerprint density at radius 3 is 2.41 bits per heavy atom. The van der Waals surface area contributed by atoms with Gasteiger partial charge in [-0.15, -0.1) is 0 Å². The van der Waals surface area contributed by atoms with E-state index in [9.17, 15) is 22.8 Å². The van der Waals surface area contributed by atoms with Gasteiger partial charge in [0.05, 0.1) is 10.4 Å². The average Bonchev–Trinajstić information content (AvgIpc) is 2.89. The molecule has 2 aromatic carbocycles. The number of amides is 3. The lowest BCUT2D eigenvalue weighted by Crippen LogP contribution is -2.45. The topological polar surface area (TPSA) is 126 Å². The summed E-state index contributed by atoms with van der Waals surface area (Å²) in [6.45, 7) is 2.58. The number of aryl methyl sites for hydroxylation is 1. The van der Waals surface area contributed by atoms with Crippen LogP contribution >= 0.6 is 0 Å². The van der Waals surface area contributed by atoms with Crippen molar-refractivity contribution >= 4 is 32.9 Å². The van der Waals surface area contributed by atoms with Gasteiger partial charge < -0.3 is 15.2 Å². The minimum absolute atomic E-state index is 0.000919. The van der Waals surface area contributed by atoms with E-state index in [1.54, 1.807) is 22.8 Å². The second kappa shape index (κ2) is 11.6. The molecule has 0 unspecified atom stereocenters. The van der Waals surface area contributed by atoms with Crippen LogP contribution in [0, 0.1) is 0 Å². The summed E-state index contributed by atoms with van der Waals surface area (Å²) in [5, 5.41) is 6.33. The molecule has 0 bridgehead atoms. The van der Waals surface area contributed by atoms with Crippen molar-refractivity contribution in [1.29, 1.82) is 0 Å². The molecule has 9 nitrogen and oxygen atoms in total. The number of fused-ring (bicyclic) bond motifs is 1. The number of urea groups is 1. The minimum Gasteiger partial charge on any atom is -0.352 e. The number of pyridine rings is 1. The van der Waals surface area contributed by atoms with E-state index in [2.05, 4.69) is 15.4 Å². The van der Waals surface area contributed by atoms with Crippen molar-refractivity contribution in [2.75, 3.05) is 6.54 Å². The number of para-hydroxylation sites is 1. The van der Waals surface area contributed by atoms with Crippen LogP contribution in [0.5, 0.6) is 0 Å². The standard InChI is InChI=1S/C27H32N4O5S/c1-2-31-24-11-7-6-8-20(24)18-23(26(31)33)25(32)28-17-16-19-12-14-22(15-13-19)37(35,36)30-27(34)29-21-9-4-3-5-10-21/h6-8,11-15,18,21H,2-5,9-10,16-17H2,1H3,(H,28,32)(H2,29,30,34). The van der Waals surface area contributed by atoms with E-state index in [1.165, 1.54) is 12.1 Å². The summed E-state index contributed by atoms with van der Waals surface area (Å²) in [4.78, 5) is 37.7. The molecule has 0 aliphatic heterocycles. The van der Waals surface area contributed by atoms with Gasteiger partial charge >= 0.3 is 6.03 Å². The zero-order valence-electron chi connectivity index (χ0n) is 20.8. The summed E-state index contributed by atoms with van der Waals surface area (Å²) in [5.41, 5.74) is 1.32. The maximum absolute atomic E-state index is 12.8. The van der Waals surface area contributed by atoms with E-state index in [0.29, 0.717) is 13.0 Å². The predicted molar refractivity (Wildman–Crippen MR) is 142 cm³/mol. The molecule has 1 aliphatic carbocycles. The average molecular weight is 525 g/mol.